The Morgan fingerprint density at radius 1 is 1.12 bits per heavy atom. The molecule has 0 rings (SSSR count). The van der Waals surface area contributed by atoms with Crippen LogP contribution < -0.4 is 0 Å². The van der Waals surface area contributed by atoms with Gasteiger partial charge in [-0.15, -0.1) is 0 Å². The Hall–Kier alpha value is -0.0800. The number of hydrogen-bond donors (Lipinski definition) is 2. The number of aliphatic hydroxyl groups is 2. The third-order valence-corrected chi connectivity index (χ3v) is 0.856. The molecule has 0 fully saturated rings. The second-order valence-corrected chi connectivity index (χ2v) is 2.48. The van der Waals surface area contributed by atoms with Crippen molar-refractivity contribution in [2.75, 3.05) is 13.2 Å². The van der Waals surface area contributed by atoms with Gasteiger partial charge in [0.15, 0.2) is 0 Å². The molecule has 0 aliphatic carbocycles. The lowest BCUT2D eigenvalue weighted by atomic mass is 9.97. The highest BCUT2D eigenvalue weighted by Crippen LogP contribution is 2.10. The maximum Gasteiger partial charge on any atom is 0.0504 e. The van der Waals surface area contributed by atoms with Crippen LogP contribution in [0.25, 0.3) is 0 Å². The minimum absolute atomic E-state index is 0. The SMILES string of the molecule is C.CC(C)(CO)CO. The maximum atomic E-state index is 8.43. The Labute approximate surface area is 51.2 Å². The first-order valence-electron chi connectivity index (χ1n) is 2.34. The van der Waals surface area contributed by atoms with E-state index in [9.17, 15) is 0 Å². The van der Waals surface area contributed by atoms with Crippen LogP contribution in [-0.4, -0.2) is 23.4 Å². The Kier molecular flexibility index (Phi) is 5.23. The molecule has 0 bridgehead atoms. The normalized spacial score (nSPS) is 10.5. The second-order valence-electron chi connectivity index (χ2n) is 2.48. The lowest BCUT2D eigenvalue weighted by molar-refractivity contribution is 0.0857. The number of hydrogen-bond acceptors (Lipinski definition) is 2. The lowest BCUT2D eigenvalue weighted by Gasteiger charge is -2.16. The van der Waals surface area contributed by atoms with E-state index >= 15 is 0 Å². The van der Waals surface area contributed by atoms with Crippen molar-refractivity contribution < 1.29 is 10.2 Å². The summed E-state index contributed by atoms with van der Waals surface area (Å²) in [4.78, 5) is 0. The highest BCUT2D eigenvalue weighted by molar-refractivity contribution is 4.62. The van der Waals surface area contributed by atoms with Gasteiger partial charge in [-0.05, 0) is 0 Å². The molecule has 0 saturated carbocycles. The highest BCUT2D eigenvalue weighted by atomic mass is 16.3. The van der Waals surface area contributed by atoms with Crippen molar-refractivity contribution in [3.8, 4) is 0 Å². The summed E-state index contributed by atoms with van der Waals surface area (Å²) in [5.74, 6) is 0. The summed E-state index contributed by atoms with van der Waals surface area (Å²) >= 11 is 0. The molecule has 0 aliphatic rings. The zero-order valence-corrected chi connectivity index (χ0v) is 4.81. The van der Waals surface area contributed by atoms with Crippen LogP contribution in [0, 0.1) is 5.41 Å². The van der Waals surface area contributed by atoms with Crippen LogP contribution in [0.15, 0.2) is 0 Å². The summed E-state index contributed by atoms with van der Waals surface area (Å²) in [5.41, 5.74) is -0.306. The van der Waals surface area contributed by atoms with Gasteiger partial charge < -0.3 is 10.2 Å². The van der Waals surface area contributed by atoms with Gasteiger partial charge in [-0.25, -0.2) is 0 Å². The average Bonchev–Trinajstić information content (AvgIpc) is 1.68. The van der Waals surface area contributed by atoms with E-state index in [2.05, 4.69) is 0 Å². The van der Waals surface area contributed by atoms with Crippen LogP contribution in [-0.2, 0) is 0 Å². The molecule has 0 unspecified atom stereocenters. The van der Waals surface area contributed by atoms with Gasteiger partial charge in [0.25, 0.3) is 0 Å². The third kappa shape index (κ3) is 4.09. The molecule has 0 saturated heterocycles. The molecule has 0 radical (unpaired) electrons. The van der Waals surface area contributed by atoms with Gasteiger partial charge in [0, 0.05) is 5.41 Å². The van der Waals surface area contributed by atoms with Gasteiger partial charge in [-0.1, -0.05) is 21.3 Å². The van der Waals surface area contributed by atoms with Crippen molar-refractivity contribution in [1.29, 1.82) is 0 Å². The molecule has 52 valence electrons. The van der Waals surface area contributed by atoms with E-state index in [0.29, 0.717) is 0 Å². The van der Waals surface area contributed by atoms with Gasteiger partial charge in [0.1, 0.15) is 0 Å². The van der Waals surface area contributed by atoms with Crippen LogP contribution in [0.4, 0.5) is 0 Å². The predicted octanol–water partition coefficient (Wildman–Crippen LogP) is 0.633. The Bertz CT molecular complexity index is 44.5. The lowest BCUT2D eigenvalue weighted by Crippen LogP contribution is -2.20. The molecule has 0 aromatic rings. The summed E-state index contributed by atoms with van der Waals surface area (Å²) in [6.45, 7) is 3.69. The second kappa shape index (κ2) is 3.87. The standard InChI is InChI=1S/C5H12O2.CH4/c1-5(2,3-6)4-7;/h6-7H,3-4H2,1-2H3;1H4. The van der Waals surface area contributed by atoms with Crippen LogP contribution in [0.5, 0.6) is 0 Å². The van der Waals surface area contributed by atoms with E-state index in [4.69, 9.17) is 10.2 Å². The quantitative estimate of drug-likeness (QED) is 0.561. The van der Waals surface area contributed by atoms with Crippen molar-refractivity contribution in [2.24, 2.45) is 5.41 Å². The highest BCUT2D eigenvalue weighted by Gasteiger charge is 2.13. The molecule has 8 heavy (non-hydrogen) atoms. The van der Waals surface area contributed by atoms with E-state index < -0.39 is 0 Å². The monoisotopic (exact) mass is 120 g/mol. The fourth-order valence-electron chi connectivity index (χ4n) is 0.0500. The van der Waals surface area contributed by atoms with Gasteiger partial charge in [0.2, 0.25) is 0 Å². The molecule has 0 aromatic carbocycles. The van der Waals surface area contributed by atoms with E-state index in [1.54, 1.807) is 13.8 Å². The molecule has 0 atom stereocenters. The van der Waals surface area contributed by atoms with Crippen molar-refractivity contribution >= 4 is 0 Å². The molecule has 2 heteroatoms. The van der Waals surface area contributed by atoms with Crippen LogP contribution in [0.3, 0.4) is 0 Å². The summed E-state index contributed by atoms with van der Waals surface area (Å²) in [7, 11) is 0. The average molecular weight is 120 g/mol. The first-order valence-corrected chi connectivity index (χ1v) is 2.34. The first kappa shape index (κ1) is 10.8. The largest absolute Gasteiger partial charge is 0.396 e. The summed E-state index contributed by atoms with van der Waals surface area (Å²) in [6, 6.07) is 0. The molecular weight excluding hydrogens is 104 g/mol. The number of rotatable bonds is 2. The predicted molar refractivity (Wildman–Crippen MR) is 34.7 cm³/mol. The fraction of sp³-hybridized carbons (Fsp3) is 1.00. The molecule has 0 aliphatic heterocycles. The molecule has 2 N–H and O–H groups in total. The number of aliphatic hydroxyl groups excluding tert-OH is 2. The summed E-state index contributed by atoms with van der Waals surface area (Å²) in [6.07, 6.45) is 0. The van der Waals surface area contributed by atoms with E-state index in [-0.39, 0.29) is 26.1 Å². The molecular formula is C6H16O2. The van der Waals surface area contributed by atoms with Crippen LogP contribution in [0.2, 0.25) is 0 Å². The third-order valence-electron chi connectivity index (χ3n) is 0.856. The Morgan fingerprint density at radius 3 is 1.38 bits per heavy atom. The van der Waals surface area contributed by atoms with Crippen molar-refractivity contribution in [2.45, 2.75) is 21.3 Å². The smallest absolute Gasteiger partial charge is 0.0504 e. The zero-order valence-electron chi connectivity index (χ0n) is 4.81. The van der Waals surface area contributed by atoms with Crippen LogP contribution >= 0.6 is 0 Å². The minimum atomic E-state index is -0.306. The van der Waals surface area contributed by atoms with E-state index in [0.717, 1.165) is 0 Å². The topological polar surface area (TPSA) is 40.5 Å². The Morgan fingerprint density at radius 2 is 1.38 bits per heavy atom. The fourth-order valence-corrected chi connectivity index (χ4v) is 0.0500. The molecule has 0 amide bonds. The molecule has 0 spiro atoms. The Balaban J connectivity index is 0. The first-order chi connectivity index (χ1) is 3.12. The van der Waals surface area contributed by atoms with Crippen LogP contribution in [0.1, 0.15) is 21.3 Å². The van der Waals surface area contributed by atoms with Crippen molar-refractivity contribution in [1.82, 2.24) is 0 Å². The minimum Gasteiger partial charge on any atom is -0.396 e. The summed E-state index contributed by atoms with van der Waals surface area (Å²) in [5, 5.41) is 16.9. The van der Waals surface area contributed by atoms with Gasteiger partial charge in [0.05, 0.1) is 13.2 Å². The van der Waals surface area contributed by atoms with Gasteiger partial charge >= 0.3 is 0 Å². The molecule has 2 nitrogen and oxygen atoms in total. The van der Waals surface area contributed by atoms with E-state index in [1.807, 2.05) is 0 Å². The van der Waals surface area contributed by atoms with Gasteiger partial charge in [-0.2, -0.15) is 0 Å². The van der Waals surface area contributed by atoms with E-state index in [1.165, 1.54) is 0 Å². The zero-order chi connectivity index (χ0) is 5.91. The van der Waals surface area contributed by atoms with Gasteiger partial charge in [-0.3, -0.25) is 0 Å². The van der Waals surface area contributed by atoms with Crippen molar-refractivity contribution in [3.63, 3.8) is 0 Å². The molecule has 0 aromatic heterocycles. The van der Waals surface area contributed by atoms with Crippen molar-refractivity contribution in [3.05, 3.63) is 0 Å². The maximum absolute atomic E-state index is 8.43. The summed E-state index contributed by atoms with van der Waals surface area (Å²) < 4.78 is 0. The molecule has 0 heterocycles.